The van der Waals surface area contributed by atoms with Crippen LogP contribution in [0.3, 0.4) is 0 Å². The number of carbonyl (C=O) groups excluding carboxylic acids is 2. The van der Waals surface area contributed by atoms with Gasteiger partial charge in [0.1, 0.15) is 0 Å². The molecular weight excluding hydrogens is 292 g/mol. The van der Waals surface area contributed by atoms with Gasteiger partial charge in [-0.25, -0.2) is 0 Å². The van der Waals surface area contributed by atoms with E-state index in [4.69, 9.17) is 5.73 Å². The van der Waals surface area contributed by atoms with Crippen molar-refractivity contribution < 1.29 is 9.59 Å². The molecule has 6 heteroatoms. The highest BCUT2D eigenvalue weighted by atomic mass is 16.2. The summed E-state index contributed by atoms with van der Waals surface area (Å²) in [6.07, 6.45) is -0.861. The second-order valence-corrected chi connectivity index (χ2v) is 5.10. The standard InChI is InChI=1S/C17H20N4O2/c1-12(22)20-16(21-15-9-7-14(18)8-10-15)17(23)19-11-13-5-3-2-4-6-13/h2-10,16,21H,11,18H2,1H3,(H,19,23)(H,20,22)/t16-/m0/s1. The Kier molecular flexibility index (Phi) is 5.57. The highest BCUT2D eigenvalue weighted by Crippen LogP contribution is 2.11. The van der Waals surface area contributed by atoms with Gasteiger partial charge in [-0.1, -0.05) is 30.3 Å². The van der Waals surface area contributed by atoms with Crippen LogP contribution in [0.1, 0.15) is 12.5 Å². The quantitative estimate of drug-likeness (QED) is 0.479. The maximum Gasteiger partial charge on any atom is 0.263 e. The highest BCUT2D eigenvalue weighted by molar-refractivity contribution is 5.88. The molecule has 2 aromatic carbocycles. The molecule has 5 N–H and O–H groups in total. The van der Waals surface area contributed by atoms with E-state index >= 15 is 0 Å². The maximum atomic E-state index is 12.3. The summed E-state index contributed by atoms with van der Waals surface area (Å²) in [5.74, 6) is -0.617. The Hall–Kier alpha value is -3.02. The Balaban J connectivity index is 2.00. The van der Waals surface area contributed by atoms with Crippen LogP contribution in [0.15, 0.2) is 54.6 Å². The van der Waals surface area contributed by atoms with Crippen LogP contribution >= 0.6 is 0 Å². The van der Waals surface area contributed by atoms with Crippen molar-refractivity contribution in [3.05, 3.63) is 60.2 Å². The Bertz CT molecular complexity index is 656. The molecule has 0 unspecified atom stereocenters. The molecule has 120 valence electrons. The minimum atomic E-state index is -0.861. The fourth-order valence-corrected chi connectivity index (χ4v) is 2.00. The molecule has 0 bridgehead atoms. The van der Waals surface area contributed by atoms with Crippen LogP contribution in [-0.2, 0) is 16.1 Å². The van der Waals surface area contributed by atoms with Gasteiger partial charge in [-0.2, -0.15) is 0 Å². The van der Waals surface area contributed by atoms with Gasteiger partial charge in [-0.05, 0) is 29.8 Å². The van der Waals surface area contributed by atoms with E-state index in [0.29, 0.717) is 17.9 Å². The van der Waals surface area contributed by atoms with E-state index in [1.165, 1.54) is 6.92 Å². The molecule has 0 heterocycles. The first-order valence-corrected chi connectivity index (χ1v) is 7.25. The normalized spacial score (nSPS) is 11.3. The SMILES string of the molecule is CC(=O)N[C@@H](Nc1ccc(N)cc1)C(=O)NCc1ccccc1. The van der Waals surface area contributed by atoms with Gasteiger partial charge >= 0.3 is 0 Å². The van der Waals surface area contributed by atoms with Gasteiger partial charge in [0.2, 0.25) is 5.91 Å². The number of nitrogens with two attached hydrogens (primary N) is 1. The zero-order valence-corrected chi connectivity index (χ0v) is 12.9. The summed E-state index contributed by atoms with van der Waals surface area (Å²) in [7, 11) is 0. The Morgan fingerprint density at radius 2 is 1.70 bits per heavy atom. The Morgan fingerprint density at radius 3 is 2.30 bits per heavy atom. The Labute approximate surface area is 135 Å². The third-order valence-electron chi connectivity index (χ3n) is 3.14. The molecule has 2 amide bonds. The van der Waals surface area contributed by atoms with Crippen LogP contribution in [0.25, 0.3) is 0 Å². The number of nitrogen functional groups attached to an aromatic ring is 1. The molecule has 2 rings (SSSR count). The van der Waals surface area contributed by atoms with E-state index in [2.05, 4.69) is 16.0 Å². The molecule has 0 aromatic heterocycles. The number of rotatable bonds is 6. The molecule has 0 aliphatic rings. The molecular formula is C17H20N4O2. The van der Waals surface area contributed by atoms with Crippen molar-refractivity contribution in [2.75, 3.05) is 11.1 Å². The highest BCUT2D eigenvalue weighted by Gasteiger charge is 2.18. The van der Waals surface area contributed by atoms with Crippen LogP contribution in [-0.4, -0.2) is 18.0 Å². The predicted molar refractivity (Wildman–Crippen MR) is 90.4 cm³/mol. The summed E-state index contributed by atoms with van der Waals surface area (Å²) < 4.78 is 0. The fourth-order valence-electron chi connectivity index (χ4n) is 2.00. The summed E-state index contributed by atoms with van der Waals surface area (Å²) in [5, 5.41) is 8.35. The summed E-state index contributed by atoms with van der Waals surface area (Å²) >= 11 is 0. The summed E-state index contributed by atoms with van der Waals surface area (Å²) in [6.45, 7) is 1.75. The molecule has 0 spiro atoms. The van der Waals surface area contributed by atoms with Gasteiger partial charge in [-0.15, -0.1) is 0 Å². The lowest BCUT2D eigenvalue weighted by atomic mass is 10.2. The lowest BCUT2D eigenvalue weighted by Gasteiger charge is -2.20. The van der Waals surface area contributed by atoms with E-state index in [-0.39, 0.29) is 11.8 Å². The van der Waals surface area contributed by atoms with Crippen LogP contribution in [0.5, 0.6) is 0 Å². The number of amides is 2. The average Bonchev–Trinajstić information content (AvgIpc) is 2.54. The minimum absolute atomic E-state index is 0.298. The van der Waals surface area contributed by atoms with Gasteiger partial charge in [0.05, 0.1) is 0 Å². The predicted octanol–water partition coefficient (Wildman–Crippen LogP) is 1.46. The largest absolute Gasteiger partial charge is 0.399 e. The smallest absolute Gasteiger partial charge is 0.263 e. The van der Waals surface area contributed by atoms with Crippen molar-refractivity contribution in [1.29, 1.82) is 0 Å². The summed E-state index contributed by atoms with van der Waals surface area (Å²) in [6, 6.07) is 16.5. The monoisotopic (exact) mass is 312 g/mol. The number of carbonyl (C=O) groups is 2. The van der Waals surface area contributed by atoms with E-state index < -0.39 is 6.17 Å². The molecule has 0 radical (unpaired) electrons. The van der Waals surface area contributed by atoms with Crippen molar-refractivity contribution in [2.24, 2.45) is 0 Å². The van der Waals surface area contributed by atoms with E-state index in [1.54, 1.807) is 24.3 Å². The first-order chi connectivity index (χ1) is 11.0. The van der Waals surface area contributed by atoms with Crippen LogP contribution in [0, 0.1) is 0 Å². The topological polar surface area (TPSA) is 96.2 Å². The van der Waals surface area contributed by atoms with Gasteiger partial charge < -0.3 is 21.7 Å². The van der Waals surface area contributed by atoms with E-state index in [1.807, 2.05) is 30.3 Å². The first-order valence-electron chi connectivity index (χ1n) is 7.25. The molecule has 0 fully saturated rings. The molecule has 0 aliphatic heterocycles. The average molecular weight is 312 g/mol. The van der Waals surface area contributed by atoms with Crippen molar-refractivity contribution in [1.82, 2.24) is 10.6 Å². The van der Waals surface area contributed by atoms with Gasteiger partial charge in [0.25, 0.3) is 5.91 Å². The molecule has 1 atom stereocenters. The lowest BCUT2D eigenvalue weighted by molar-refractivity contribution is -0.127. The zero-order chi connectivity index (χ0) is 16.7. The summed E-state index contributed by atoms with van der Waals surface area (Å²) in [5.41, 5.74) is 7.93. The second-order valence-electron chi connectivity index (χ2n) is 5.10. The molecule has 2 aromatic rings. The zero-order valence-electron chi connectivity index (χ0n) is 12.9. The molecule has 0 saturated heterocycles. The van der Waals surface area contributed by atoms with E-state index in [0.717, 1.165) is 5.56 Å². The van der Waals surface area contributed by atoms with Crippen LogP contribution < -0.4 is 21.7 Å². The third-order valence-corrected chi connectivity index (χ3v) is 3.14. The molecule has 23 heavy (non-hydrogen) atoms. The second kappa shape index (κ2) is 7.84. The summed E-state index contributed by atoms with van der Waals surface area (Å²) in [4.78, 5) is 23.6. The van der Waals surface area contributed by atoms with E-state index in [9.17, 15) is 9.59 Å². The number of anilines is 2. The number of hydrogen-bond acceptors (Lipinski definition) is 4. The van der Waals surface area contributed by atoms with Crippen molar-refractivity contribution in [3.63, 3.8) is 0 Å². The Morgan fingerprint density at radius 1 is 1.04 bits per heavy atom. The number of benzene rings is 2. The fraction of sp³-hybridized carbons (Fsp3) is 0.176. The number of hydrogen-bond donors (Lipinski definition) is 4. The van der Waals surface area contributed by atoms with Crippen LogP contribution in [0.2, 0.25) is 0 Å². The van der Waals surface area contributed by atoms with Gasteiger partial charge in [-0.3, -0.25) is 9.59 Å². The van der Waals surface area contributed by atoms with Crippen LogP contribution in [0.4, 0.5) is 11.4 Å². The first kappa shape index (κ1) is 16.4. The maximum absolute atomic E-state index is 12.3. The van der Waals surface area contributed by atoms with Crippen molar-refractivity contribution in [2.45, 2.75) is 19.6 Å². The molecule has 6 nitrogen and oxygen atoms in total. The minimum Gasteiger partial charge on any atom is -0.399 e. The van der Waals surface area contributed by atoms with Gasteiger partial charge in [0.15, 0.2) is 6.17 Å². The van der Waals surface area contributed by atoms with Crippen molar-refractivity contribution >= 4 is 23.2 Å². The van der Waals surface area contributed by atoms with Gasteiger partial charge in [0, 0.05) is 24.8 Å². The lowest BCUT2D eigenvalue weighted by Crippen LogP contribution is -2.50. The molecule has 0 aliphatic carbocycles. The number of nitrogens with one attached hydrogen (secondary N) is 3. The molecule has 0 saturated carbocycles. The van der Waals surface area contributed by atoms with Crippen molar-refractivity contribution in [3.8, 4) is 0 Å². The third kappa shape index (κ3) is 5.35.